The molecule has 1 atom stereocenters. The largest absolute Gasteiger partial charge is 0.487 e. The van der Waals surface area contributed by atoms with Crippen LogP contribution in [0.25, 0.3) is 11.4 Å². The molecule has 2 aromatic rings. The van der Waals surface area contributed by atoms with Gasteiger partial charge in [-0.3, -0.25) is 4.79 Å². The van der Waals surface area contributed by atoms with Crippen LogP contribution in [-0.4, -0.2) is 28.5 Å². The van der Waals surface area contributed by atoms with E-state index in [2.05, 4.69) is 15.3 Å². The molecule has 0 saturated heterocycles. The van der Waals surface area contributed by atoms with Gasteiger partial charge in [0.2, 0.25) is 5.91 Å². The standard InChI is InChI=1S/C17H19N3O2/c1-11(2)17(21)20-10-13-9-12-5-3-6-14(15(12)22-13)16-18-7-4-8-19-16/h3-8,11,13H,9-10H2,1-2H3,(H,20,21). The Kier molecular flexibility index (Phi) is 4.04. The van der Waals surface area contributed by atoms with Gasteiger partial charge < -0.3 is 10.1 Å². The minimum absolute atomic E-state index is 0.0166. The van der Waals surface area contributed by atoms with Gasteiger partial charge in [0.1, 0.15) is 11.9 Å². The van der Waals surface area contributed by atoms with Crippen molar-refractivity contribution in [3.63, 3.8) is 0 Å². The molecule has 114 valence electrons. The van der Waals surface area contributed by atoms with Crippen LogP contribution in [0.15, 0.2) is 36.7 Å². The number of para-hydroxylation sites is 1. The fraction of sp³-hybridized carbons (Fsp3) is 0.353. The quantitative estimate of drug-likeness (QED) is 0.940. The minimum Gasteiger partial charge on any atom is -0.487 e. The van der Waals surface area contributed by atoms with Gasteiger partial charge >= 0.3 is 0 Å². The normalized spacial score (nSPS) is 16.2. The number of nitrogens with one attached hydrogen (secondary N) is 1. The number of amides is 1. The second-order valence-electron chi connectivity index (χ2n) is 5.71. The Hall–Kier alpha value is -2.43. The van der Waals surface area contributed by atoms with Crippen LogP contribution in [0.2, 0.25) is 0 Å². The van der Waals surface area contributed by atoms with Crippen LogP contribution in [0.4, 0.5) is 0 Å². The second-order valence-corrected chi connectivity index (χ2v) is 5.71. The smallest absolute Gasteiger partial charge is 0.222 e. The third-order valence-electron chi connectivity index (χ3n) is 3.66. The molecule has 1 aliphatic rings. The molecule has 1 aliphatic heterocycles. The van der Waals surface area contributed by atoms with Crippen molar-refractivity contribution >= 4 is 5.91 Å². The molecule has 0 saturated carbocycles. The Balaban J connectivity index is 1.75. The second kappa shape index (κ2) is 6.13. The lowest BCUT2D eigenvalue weighted by molar-refractivity contribution is -0.124. The van der Waals surface area contributed by atoms with E-state index in [1.807, 2.05) is 32.0 Å². The van der Waals surface area contributed by atoms with Gasteiger partial charge in [0.05, 0.1) is 12.1 Å². The summed E-state index contributed by atoms with van der Waals surface area (Å²) in [4.78, 5) is 20.3. The van der Waals surface area contributed by atoms with Crippen molar-refractivity contribution < 1.29 is 9.53 Å². The highest BCUT2D eigenvalue weighted by atomic mass is 16.5. The summed E-state index contributed by atoms with van der Waals surface area (Å²) in [6.07, 6.45) is 4.19. The van der Waals surface area contributed by atoms with E-state index in [1.54, 1.807) is 18.5 Å². The molecule has 0 spiro atoms. The van der Waals surface area contributed by atoms with Crippen LogP contribution in [0.3, 0.4) is 0 Å². The Bertz CT molecular complexity index is 671. The SMILES string of the molecule is CC(C)C(=O)NCC1Cc2cccc(-c3ncccn3)c2O1. The van der Waals surface area contributed by atoms with Crippen molar-refractivity contribution in [2.75, 3.05) is 6.54 Å². The summed E-state index contributed by atoms with van der Waals surface area (Å²) in [5.41, 5.74) is 2.03. The van der Waals surface area contributed by atoms with Gasteiger partial charge in [-0.1, -0.05) is 26.0 Å². The summed E-state index contributed by atoms with van der Waals surface area (Å²) < 4.78 is 6.03. The maximum absolute atomic E-state index is 11.7. The Labute approximate surface area is 129 Å². The molecule has 3 rings (SSSR count). The van der Waals surface area contributed by atoms with Gasteiger partial charge in [-0.25, -0.2) is 9.97 Å². The lowest BCUT2D eigenvalue weighted by Gasteiger charge is -2.14. The van der Waals surface area contributed by atoms with E-state index in [0.29, 0.717) is 12.4 Å². The van der Waals surface area contributed by atoms with Crippen LogP contribution >= 0.6 is 0 Å². The highest BCUT2D eigenvalue weighted by Crippen LogP contribution is 2.37. The van der Waals surface area contributed by atoms with Gasteiger partial charge in [0.15, 0.2) is 5.82 Å². The van der Waals surface area contributed by atoms with Crippen LogP contribution < -0.4 is 10.1 Å². The number of carbonyl (C=O) groups is 1. The van der Waals surface area contributed by atoms with Crippen molar-refractivity contribution in [3.05, 3.63) is 42.2 Å². The summed E-state index contributed by atoms with van der Waals surface area (Å²) in [5.74, 6) is 1.52. The first-order chi connectivity index (χ1) is 10.6. The van der Waals surface area contributed by atoms with Crippen molar-refractivity contribution in [2.24, 2.45) is 5.92 Å². The number of rotatable bonds is 4. The molecule has 0 fully saturated rings. The zero-order chi connectivity index (χ0) is 15.5. The monoisotopic (exact) mass is 297 g/mol. The fourth-order valence-electron chi connectivity index (χ4n) is 2.49. The lowest BCUT2D eigenvalue weighted by Crippen LogP contribution is -2.36. The predicted octanol–water partition coefficient (Wildman–Crippen LogP) is 2.22. The molecule has 1 amide bonds. The van der Waals surface area contributed by atoms with Gasteiger partial charge in [0, 0.05) is 24.7 Å². The van der Waals surface area contributed by atoms with E-state index in [4.69, 9.17) is 4.74 Å². The van der Waals surface area contributed by atoms with E-state index in [0.717, 1.165) is 23.3 Å². The van der Waals surface area contributed by atoms with Crippen LogP contribution in [0, 0.1) is 5.92 Å². The highest BCUT2D eigenvalue weighted by Gasteiger charge is 2.26. The molecule has 2 heterocycles. The Morgan fingerprint density at radius 1 is 1.32 bits per heavy atom. The van der Waals surface area contributed by atoms with Gasteiger partial charge in [-0.05, 0) is 17.7 Å². The molecule has 1 unspecified atom stereocenters. The lowest BCUT2D eigenvalue weighted by atomic mass is 10.1. The van der Waals surface area contributed by atoms with Crippen molar-refractivity contribution in [1.29, 1.82) is 0 Å². The first kappa shape index (κ1) is 14.5. The summed E-state index contributed by atoms with van der Waals surface area (Å²) >= 11 is 0. The van der Waals surface area contributed by atoms with E-state index in [1.165, 1.54) is 0 Å². The number of carbonyl (C=O) groups excluding carboxylic acids is 1. The van der Waals surface area contributed by atoms with Gasteiger partial charge in [-0.2, -0.15) is 0 Å². The molecule has 1 N–H and O–H groups in total. The van der Waals surface area contributed by atoms with Crippen LogP contribution in [0.1, 0.15) is 19.4 Å². The van der Waals surface area contributed by atoms with E-state index < -0.39 is 0 Å². The Morgan fingerprint density at radius 3 is 2.82 bits per heavy atom. The number of aromatic nitrogens is 2. The summed E-state index contributed by atoms with van der Waals surface area (Å²) in [7, 11) is 0. The van der Waals surface area contributed by atoms with Crippen LogP contribution in [-0.2, 0) is 11.2 Å². The van der Waals surface area contributed by atoms with Crippen molar-refractivity contribution in [1.82, 2.24) is 15.3 Å². The van der Waals surface area contributed by atoms with Crippen molar-refractivity contribution in [2.45, 2.75) is 26.4 Å². The molecular weight excluding hydrogens is 278 g/mol. The number of benzene rings is 1. The molecule has 5 heteroatoms. The summed E-state index contributed by atoms with van der Waals surface area (Å²) in [6.45, 7) is 4.27. The number of hydrogen-bond acceptors (Lipinski definition) is 4. The zero-order valence-electron chi connectivity index (χ0n) is 12.7. The maximum Gasteiger partial charge on any atom is 0.222 e. The molecule has 0 bridgehead atoms. The topological polar surface area (TPSA) is 64.1 Å². The molecule has 1 aromatic heterocycles. The number of nitrogens with zero attached hydrogens (tertiary/aromatic N) is 2. The minimum atomic E-state index is -0.0393. The summed E-state index contributed by atoms with van der Waals surface area (Å²) in [5, 5.41) is 2.92. The average molecular weight is 297 g/mol. The van der Waals surface area contributed by atoms with E-state index in [9.17, 15) is 4.79 Å². The molecule has 22 heavy (non-hydrogen) atoms. The number of fused-ring (bicyclic) bond motifs is 1. The summed E-state index contributed by atoms with van der Waals surface area (Å²) in [6, 6.07) is 7.79. The number of ether oxygens (including phenoxy) is 1. The molecule has 5 nitrogen and oxygen atoms in total. The average Bonchev–Trinajstić information content (AvgIpc) is 2.96. The zero-order valence-corrected chi connectivity index (χ0v) is 12.7. The first-order valence-electron chi connectivity index (χ1n) is 7.49. The Morgan fingerprint density at radius 2 is 2.09 bits per heavy atom. The molecule has 0 radical (unpaired) electrons. The maximum atomic E-state index is 11.7. The van der Waals surface area contributed by atoms with Gasteiger partial charge in [-0.15, -0.1) is 0 Å². The first-order valence-corrected chi connectivity index (χ1v) is 7.49. The fourth-order valence-corrected chi connectivity index (χ4v) is 2.49. The third kappa shape index (κ3) is 2.93. The number of hydrogen-bond donors (Lipinski definition) is 1. The van der Waals surface area contributed by atoms with E-state index >= 15 is 0 Å². The highest BCUT2D eigenvalue weighted by molar-refractivity contribution is 5.77. The van der Waals surface area contributed by atoms with Gasteiger partial charge in [0.25, 0.3) is 0 Å². The van der Waals surface area contributed by atoms with Crippen LogP contribution in [0.5, 0.6) is 5.75 Å². The predicted molar refractivity (Wildman–Crippen MR) is 83.4 cm³/mol. The third-order valence-corrected chi connectivity index (χ3v) is 3.66. The molecular formula is C17H19N3O2. The molecule has 1 aromatic carbocycles. The molecule has 0 aliphatic carbocycles. The van der Waals surface area contributed by atoms with E-state index in [-0.39, 0.29) is 17.9 Å². The van der Waals surface area contributed by atoms with Crippen molar-refractivity contribution in [3.8, 4) is 17.1 Å².